The van der Waals surface area contributed by atoms with Crippen molar-refractivity contribution in [3.63, 3.8) is 0 Å². The Balaban J connectivity index is 0.00000256. The van der Waals surface area contributed by atoms with Crippen molar-refractivity contribution in [3.8, 4) is 22.9 Å². The van der Waals surface area contributed by atoms with Gasteiger partial charge in [-0.05, 0) is 36.4 Å². The summed E-state index contributed by atoms with van der Waals surface area (Å²) in [5, 5.41) is 31.3. The summed E-state index contributed by atoms with van der Waals surface area (Å²) in [6.45, 7) is 2.98. The van der Waals surface area contributed by atoms with Crippen LogP contribution in [0.2, 0.25) is 0 Å². The Morgan fingerprint density at radius 1 is 0.597 bits per heavy atom. The van der Waals surface area contributed by atoms with Gasteiger partial charge in [0.15, 0.2) is 11.5 Å². The van der Waals surface area contributed by atoms with Crippen molar-refractivity contribution >= 4 is 97.9 Å². The molecular weight excluding hydrogens is 945 g/mol. The molecule has 0 spiro atoms. The molecule has 7 aromatic rings. The summed E-state index contributed by atoms with van der Waals surface area (Å²) in [4.78, 5) is 24.6. The van der Waals surface area contributed by atoms with E-state index in [1.165, 1.54) is 38.1 Å². The van der Waals surface area contributed by atoms with Crippen molar-refractivity contribution in [1.82, 2.24) is 30.0 Å². The Hall–Kier alpha value is -1.68. The summed E-state index contributed by atoms with van der Waals surface area (Å²) < 4.78 is 124. The summed E-state index contributed by atoms with van der Waals surface area (Å²) in [5.74, 6) is -2.14. The van der Waals surface area contributed by atoms with Crippen LogP contribution in [-0.2, 0) is 49.3 Å². The molecule has 0 aliphatic rings. The molecule has 0 saturated carbocycles. The number of ether oxygens (including phenoxy) is 2. The Morgan fingerprint density at radius 3 is 1.45 bits per heavy atom. The number of aromatic nitrogens is 6. The third kappa shape index (κ3) is 11.3. The van der Waals surface area contributed by atoms with Crippen molar-refractivity contribution in [2.24, 2.45) is 0 Å². The fourth-order valence-corrected chi connectivity index (χ4v) is 8.20. The molecule has 0 radical (unpaired) electrons. The van der Waals surface area contributed by atoms with Crippen LogP contribution in [0.25, 0.3) is 55.0 Å². The van der Waals surface area contributed by atoms with Crippen molar-refractivity contribution in [3.05, 3.63) is 60.7 Å². The maximum absolute atomic E-state index is 12.8. The first-order valence-electron chi connectivity index (χ1n) is 16.1. The molecule has 0 N–H and O–H groups in total. The second-order valence-corrected chi connectivity index (χ2v) is 16.8. The van der Waals surface area contributed by atoms with Crippen LogP contribution in [-0.4, -0.2) is 80.8 Å². The van der Waals surface area contributed by atoms with Gasteiger partial charge in [-0.2, -0.15) is 4.33 Å². The molecule has 0 aliphatic heterocycles. The zero-order valence-electron chi connectivity index (χ0n) is 33.0. The number of carbonyl (C=O) groups excluding carboxylic acids is 2. The molecule has 62 heavy (non-hydrogen) atoms. The van der Waals surface area contributed by atoms with Gasteiger partial charge in [-0.1, -0.05) is 26.0 Å². The van der Waals surface area contributed by atoms with Crippen LogP contribution in [0.1, 0.15) is 26.7 Å². The molecule has 0 bridgehead atoms. The summed E-state index contributed by atoms with van der Waals surface area (Å²) in [5.41, 5.74) is -0.443. The molecule has 0 saturated heterocycles. The van der Waals surface area contributed by atoms with Crippen LogP contribution >= 0.6 is 12.0 Å². The summed E-state index contributed by atoms with van der Waals surface area (Å²) in [6, 6.07) is 10.9. The van der Waals surface area contributed by atoms with E-state index in [-0.39, 0.29) is 202 Å². The van der Waals surface area contributed by atoms with Gasteiger partial charge in [0.2, 0.25) is 0 Å². The number of hydrogen-bond donors (Lipinski definition) is 0. The molecule has 5 aromatic carbocycles. The number of nitrogens with zero attached hydrogens (tertiary/aromatic N) is 6. The number of carbonyl (C=O) groups is 2. The molecule has 0 fully saturated rings. The van der Waals surface area contributed by atoms with E-state index in [0.717, 1.165) is 39.9 Å². The first kappa shape index (κ1) is 54.7. The Kier molecular flexibility index (Phi) is 18.8. The summed E-state index contributed by atoms with van der Waals surface area (Å²) in [6.07, 6.45) is -0.296. The molecule has 0 atom stereocenters. The maximum atomic E-state index is 12.8. The zero-order chi connectivity index (χ0) is 41.9. The zero-order valence-corrected chi connectivity index (χ0v) is 44.3. The number of rotatable bonds is 12. The predicted molar refractivity (Wildman–Crippen MR) is 190 cm³/mol. The topological polar surface area (TPSA) is 327 Å². The van der Waals surface area contributed by atoms with Crippen LogP contribution in [0.4, 0.5) is 0 Å². The minimum Gasteiger partial charge on any atom is -0.744 e. The summed E-state index contributed by atoms with van der Waals surface area (Å²) in [7, 11) is -15.7. The van der Waals surface area contributed by atoms with E-state index in [1.807, 2.05) is 0 Å². The van der Waals surface area contributed by atoms with E-state index in [4.69, 9.17) is 9.47 Å². The molecule has 22 nitrogen and oxygen atoms in total. The van der Waals surface area contributed by atoms with Crippen LogP contribution in [0.3, 0.4) is 0 Å². The molecule has 0 aliphatic carbocycles. The van der Waals surface area contributed by atoms with Crippen LogP contribution in [0.5, 0.6) is 11.5 Å². The molecule has 2 aromatic heterocycles. The molecule has 2 heterocycles. The number of benzene rings is 5. The van der Waals surface area contributed by atoms with Crippen molar-refractivity contribution in [2.45, 2.75) is 46.3 Å². The normalized spacial score (nSPS) is 11.7. The van der Waals surface area contributed by atoms with Gasteiger partial charge in [-0.15, -0.1) is 30.0 Å². The van der Waals surface area contributed by atoms with Gasteiger partial charge < -0.3 is 28.4 Å². The van der Waals surface area contributed by atoms with E-state index in [9.17, 15) is 53.8 Å². The molecule has 0 unspecified atom stereocenters. The van der Waals surface area contributed by atoms with Gasteiger partial charge in [0.25, 0.3) is 0 Å². The van der Waals surface area contributed by atoms with Gasteiger partial charge in [0, 0.05) is 51.4 Å². The maximum Gasteiger partial charge on any atom is 1.00 e. The quantitative estimate of drug-likeness (QED) is 0.0209. The largest absolute Gasteiger partial charge is 1.00 e. The van der Waals surface area contributed by atoms with E-state index in [2.05, 4.69) is 29.8 Å². The minimum absolute atomic E-state index is 0. The standard InChI is InChI=1S/C32H24N6O16S4.4Na/c1-3-29(39)51-25-14-24(38-34-22-8-6-18-20(32(22)36-38)10-16(57(45,46)47)12-28(18)58(48,49)50)26(52-30(40)4-2)13-23(25)37-33-21-7-5-17-19(31(21)35-37)9-15(56(42,43)44)11-27(17)55-54-53-41;;;;/h5-14,41H,3-4H2,1-2H3,(H,42,43,44)(H,45,46,47)(H,48,49,50);;;;/q;4*+1/p-4. The SMILES string of the molecule is CCC(=O)Oc1cc(-n2nc3ccc4c(S(=O)(=O)[O-])cc(S(=O)(=O)[O-])cc4c3n2)c(OC(=O)CC)cc1-n1nc2ccc3c(SOO[O-])cc(S(=O)(=O)[O-])cc3c2n1.[Na+].[Na+].[Na+].[Na+]. The van der Waals surface area contributed by atoms with Crippen LogP contribution in [0, 0.1) is 0 Å². The van der Waals surface area contributed by atoms with E-state index >= 15 is 0 Å². The smallest absolute Gasteiger partial charge is 0.744 e. The molecular formula is C32H20N6Na4O16S4. The predicted octanol–water partition coefficient (Wildman–Crippen LogP) is -9.95. The van der Waals surface area contributed by atoms with E-state index in [1.54, 1.807) is 0 Å². The average Bonchev–Trinajstić information content (AvgIpc) is 3.81. The number of esters is 2. The fraction of sp³-hybridized carbons (Fsp3) is 0.125. The second-order valence-electron chi connectivity index (χ2n) is 11.9. The van der Waals surface area contributed by atoms with Gasteiger partial charge in [-0.25, -0.2) is 25.3 Å². The third-order valence-electron chi connectivity index (χ3n) is 8.33. The first-order chi connectivity index (χ1) is 27.3. The molecule has 302 valence electrons. The molecule has 0 amide bonds. The monoisotopic (exact) mass is 964 g/mol. The fourth-order valence-electron chi connectivity index (χ4n) is 5.74. The number of fused-ring (bicyclic) bond motifs is 6. The van der Waals surface area contributed by atoms with Crippen molar-refractivity contribution < 1.29 is 191 Å². The van der Waals surface area contributed by atoms with Gasteiger partial charge in [0.1, 0.15) is 63.8 Å². The Labute approximate surface area is 442 Å². The Bertz CT molecular complexity index is 3240. The van der Waals surface area contributed by atoms with Crippen LogP contribution < -0.4 is 133 Å². The summed E-state index contributed by atoms with van der Waals surface area (Å²) >= 11 is 0.324. The van der Waals surface area contributed by atoms with Gasteiger partial charge in [-0.3, -0.25) is 14.6 Å². The second kappa shape index (κ2) is 21.3. The van der Waals surface area contributed by atoms with Gasteiger partial charge in [0.05, 0.1) is 26.7 Å². The molecule has 7 rings (SSSR count). The third-order valence-corrected chi connectivity index (χ3v) is 11.5. The van der Waals surface area contributed by atoms with Crippen LogP contribution in [0.15, 0.2) is 80.2 Å². The Morgan fingerprint density at radius 2 is 1.03 bits per heavy atom. The van der Waals surface area contributed by atoms with Crippen molar-refractivity contribution in [1.29, 1.82) is 0 Å². The van der Waals surface area contributed by atoms with E-state index in [0.29, 0.717) is 18.1 Å². The first-order valence-corrected chi connectivity index (χ1v) is 21.1. The van der Waals surface area contributed by atoms with E-state index < -0.39 is 57.0 Å². The number of hydrogen-bond acceptors (Lipinski definition) is 21. The van der Waals surface area contributed by atoms with Crippen molar-refractivity contribution in [2.75, 3.05) is 0 Å². The minimum atomic E-state index is -5.33. The average molecular weight is 965 g/mol. The van der Waals surface area contributed by atoms with Gasteiger partial charge >= 0.3 is 130 Å². The molecule has 30 heteroatoms.